The van der Waals surface area contributed by atoms with Crippen molar-refractivity contribution in [2.45, 2.75) is 5.41 Å². The molecule has 0 radical (unpaired) electrons. The highest BCUT2D eigenvalue weighted by molar-refractivity contribution is 6.19. The monoisotopic (exact) mass is 760 g/mol. The third kappa shape index (κ3) is 4.45. The van der Waals surface area contributed by atoms with Crippen molar-refractivity contribution < 1.29 is 0 Å². The molecule has 1 aromatic heterocycles. The molecule has 0 aliphatic heterocycles. The maximum atomic E-state index is 5.36. The molecule has 1 spiro atoms. The minimum Gasteiger partial charge on any atom is -0.292 e. The van der Waals surface area contributed by atoms with E-state index in [-0.39, 0.29) is 0 Å². The summed E-state index contributed by atoms with van der Waals surface area (Å²) in [4.78, 5) is 5.36. The van der Waals surface area contributed by atoms with Gasteiger partial charge in [-0.2, -0.15) is 0 Å². The average molecular weight is 761 g/mol. The lowest BCUT2D eigenvalue weighted by Crippen LogP contribution is -2.29. The van der Waals surface area contributed by atoms with Crippen LogP contribution in [-0.4, -0.2) is 9.55 Å². The molecule has 13 rings (SSSR count). The molecule has 2 aliphatic rings. The smallest absolute Gasteiger partial charge is 0.145 e. The zero-order valence-electron chi connectivity index (χ0n) is 32.7. The van der Waals surface area contributed by atoms with Gasteiger partial charge < -0.3 is 0 Å². The Balaban J connectivity index is 1.15. The lowest BCUT2D eigenvalue weighted by molar-refractivity contribution is 0.783. The van der Waals surface area contributed by atoms with E-state index in [4.69, 9.17) is 4.98 Å². The highest BCUT2D eigenvalue weighted by atomic mass is 15.1. The van der Waals surface area contributed by atoms with Crippen LogP contribution >= 0.6 is 0 Å². The fourth-order valence-electron chi connectivity index (χ4n) is 10.8. The van der Waals surface area contributed by atoms with E-state index in [1.54, 1.807) is 0 Å². The van der Waals surface area contributed by atoms with Crippen LogP contribution in [0, 0.1) is 0 Å². The van der Waals surface area contributed by atoms with Crippen LogP contribution in [-0.2, 0) is 5.41 Å². The first kappa shape index (κ1) is 33.2. The summed E-state index contributed by atoms with van der Waals surface area (Å²) < 4.78 is 2.29. The van der Waals surface area contributed by atoms with E-state index in [0.717, 1.165) is 33.7 Å². The summed E-state index contributed by atoms with van der Waals surface area (Å²) in [7, 11) is 0. The molecular weight excluding hydrogens is 725 g/mol. The van der Waals surface area contributed by atoms with Crippen molar-refractivity contribution in [2.75, 3.05) is 0 Å². The van der Waals surface area contributed by atoms with Crippen molar-refractivity contribution in [3.63, 3.8) is 0 Å². The first-order chi connectivity index (χ1) is 29.8. The van der Waals surface area contributed by atoms with Crippen molar-refractivity contribution in [1.82, 2.24) is 9.55 Å². The van der Waals surface area contributed by atoms with Gasteiger partial charge in [-0.25, -0.2) is 4.98 Å². The molecule has 2 aliphatic carbocycles. The van der Waals surface area contributed by atoms with Crippen LogP contribution in [0.15, 0.2) is 218 Å². The molecule has 0 saturated heterocycles. The average Bonchev–Trinajstić information content (AvgIpc) is 3.84. The number of hydrogen-bond acceptors (Lipinski definition) is 1. The second kappa shape index (κ2) is 12.6. The number of aromatic nitrogens is 2. The lowest BCUT2D eigenvalue weighted by atomic mass is 9.64. The highest BCUT2D eigenvalue weighted by Crippen LogP contribution is 2.64. The topological polar surface area (TPSA) is 17.8 Å². The van der Waals surface area contributed by atoms with Gasteiger partial charge >= 0.3 is 0 Å². The molecule has 1 unspecified atom stereocenters. The summed E-state index contributed by atoms with van der Waals surface area (Å²) in [5.41, 5.74) is 18.9. The molecule has 10 aromatic carbocycles. The SMILES string of the molecule is c1ccc(-c2nc3cc(-c4ccc5c(c4)C4(c6ccccc6-c6ccccc6-5)c5ccccc5-c5c4c4ccccc4c4ccccc54)ccc3n2-c2ccccc2)cc1. The van der Waals surface area contributed by atoms with Crippen LogP contribution in [0.3, 0.4) is 0 Å². The standard InChI is InChI=1S/C58H36N2/c1-3-17-37(18-4-1)57-59-53-36-39(32-34-54(53)60(57)40-19-5-2-6-20-40)38-31-33-46-42-22-8-7-21-41(42)45-25-13-15-29-50(45)58(52(46)35-38)51-30-16-14-28-49(51)55-47-26-11-9-23-43(47)44-24-10-12-27-48(44)56(55)58/h1-36H. The number of imidazole rings is 1. The fourth-order valence-corrected chi connectivity index (χ4v) is 10.8. The second-order valence-electron chi connectivity index (χ2n) is 16.2. The molecule has 2 nitrogen and oxygen atoms in total. The van der Waals surface area contributed by atoms with Crippen LogP contribution in [0.5, 0.6) is 0 Å². The maximum Gasteiger partial charge on any atom is 0.145 e. The quantitative estimate of drug-likeness (QED) is 0.164. The molecule has 0 bridgehead atoms. The Labute approximate surface area is 348 Å². The van der Waals surface area contributed by atoms with Crippen molar-refractivity contribution in [3.05, 3.63) is 241 Å². The summed E-state index contributed by atoms with van der Waals surface area (Å²) in [5.74, 6) is 0.932. The van der Waals surface area contributed by atoms with Gasteiger partial charge in [-0.1, -0.05) is 188 Å². The van der Waals surface area contributed by atoms with Crippen LogP contribution in [0.25, 0.3) is 94.2 Å². The van der Waals surface area contributed by atoms with Gasteiger partial charge in [0.15, 0.2) is 0 Å². The van der Waals surface area contributed by atoms with Crippen molar-refractivity contribution in [1.29, 1.82) is 0 Å². The molecule has 0 fully saturated rings. The summed E-state index contributed by atoms with van der Waals surface area (Å²) in [6.07, 6.45) is 0. The van der Waals surface area contributed by atoms with E-state index in [0.29, 0.717) is 0 Å². The number of hydrogen-bond donors (Lipinski definition) is 0. The van der Waals surface area contributed by atoms with Crippen molar-refractivity contribution >= 4 is 32.6 Å². The zero-order valence-corrected chi connectivity index (χ0v) is 32.7. The Hall–Kier alpha value is -7.81. The highest BCUT2D eigenvalue weighted by Gasteiger charge is 2.51. The first-order valence-corrected chi connectivity index (χ1v) is 20.8. The Bertz CT molecular complexity index is 3540. The van der Waals surface area contributed by atoms with Crippen molar-refractivity contribution in [3.8, 4) is 61.6 Å². The number of para-hydroxylation sites is 1. The third-order valence-corrected chi connectivity index (χ3v) is 13.2. The summed E-state index contributed by atoms with van der Waals surface area (Å²) >= 11 is 0. The predicted octanol–water partition coefficient (Wildman–Crippen LogP) is 14.7. The van der Waals surface area contributed by atoms with Gasteiger partial charge in [-0.15, -0.1) is 0 Å². The fraction of sp³-hybridized carbons (Fsp3) is 0.0172. The van der Waals surface area contributed by atoms with Gasteiger partial charge in [0, 0.05) is 11.3 Å². The Morgan fingerprint density at radius 3 is 1.60 bits per heavy atom. The Morgan fingerprint density at radius 1 is 0.350 bits per heavy atom. The Kier molecular flexibility index (Phi) is 6.97. The van der Waals surface area contributed by atoms with Gasteiger partial charge in [0.2, 0.25) is 0 Å². The molecule has 0 amide bonds. The van der Waals surface area contributed by atoms with Crippen molar-refractivity contribution in [2.24, 2.45) is 0 Å². The molecule has 0 N–H and O–H groups in total. The van der Waals surface area contributed by atoms with Crippen LogP contribution in [0.4, 0.5) is 0 Å². The number of benzene rings is 10. The first-order valence-electron chi connectivity index (χ1n) is 20.8. The number of nitrogens with zero attached hydrogens (tertiary/aromatic N) is 2. The largest absolute Gasteiger partial charge is 0.292 e. The van der Waals surface area contributed by atoms with Gasteiger partial charge in [0.1, 0.15) is 5.82 Å². The second-order valence-corrected chi connectivity index (χ2v) is 16.2. The van der Waals surface area contributed by atoms with E-state index < -0.39 is 5.41 Å². The van der Waals surface area contributed by atoms with Crippen LogP contribution in [0.1, 0.15) is 22.3 Å². The Morgan fingerprint density at radius 2 is 0.867 bits per heavy atom. The molecule has 2 heteroatoms. The van der Waals surface area contributed by atoms with E-state index in [9.17, 15) is 0 Å². The van der Waals surface area contributed by atoms with E-state index >= 15 is 0 Å². The minimum atomic E-state index is -0.629. The molecule has 11 aromatic rings. The predicted molar refractivity (Wildman–Crippen MR) is 249 cm³/mol. The molecule has 0 saturated carbocycles. The minimum absolute atomic E-state index is 0.629. The summed E-state index contributed by atoms with van der Waals surface area (Å²) in [5, 5.41) is 5.16. The molecule has 60 heavy (non-hydrogen) atoms. The van der Waals surface area contributed by atoms with Gasteiger partial charge in [0.25, 0.3) is 0 Å². The van der Waals surface area contributed by atoms with Gasteiger partial charge in [-0.05, 0) is 119 Å². The number of fused-ring (bicyclic) bond motifs is 18. The summed E-state index contributed by atoms with van der Waals surface area (Å²) in [6, 6.07) is 80.7. The molecule has 1 heterocycles. The van der Waals surface area contributed by atoms with Crippen LogP contribution < -0.4 is 0 Å². The molecule has 278 valence electrons. The zero-order chi connectivity index (χ0) is 39.4. The van der Waals surface area contributed by atoms with E-state index in [1.807, 2.05) is 0 Å². The number of rotatable bonds is 3. The van der Waals surface area contributed by atoms with E-state index in [2.05, 4.69) is 223 Å². The molecular formula is C58H36N2. The van der Waals surface area contributed by atoms with Gasteiger partial charge in [0.05, 0.1) is 16.4 Å². The third-order valence-electron chi connectivity index (χ3n) is 13.2. The normalized spacial score (nSPS) is 14.7. The maximum absolute atomic E-state index is 5.36. The van der Waals surface area contributed by atoms with Crippen LogP contribution in [0.2, 0.25) is 0 Å². The lowest BCUT2D eigenvalue weighted by Gasteiger charge is -2.36. The van der Waals surface area contributed by atoms with Gasteiger partial charge in [-0.3, -0.25) is 4.57 Å². The van der Waals surface area contributed by atoms with E-state index in [1.165, 1.54) is 82.7 Å². The summed E-state index contributed by atoms with van der Waals surface area (Å²) in [6.45, 7) is 0. The molecule has 1 atom stereocenters.